The van der Waals surface area contributed by atoms with E-state index in [1.807, 2.05) is 34.9 Å². The number of fused-ring (bicyclic) bond motifs is 1. The molecule has 118 valence electrons. The van der Waals surface area contributed by atoms with Gasteiger partial charge in [-0.3, -0.25) is 4.79 Å². The summed E-state index contributed by atoms with van der Waals surface area (Å²) in [7, 11) is 1.77. The Kier molecular flexibility index (Phi) is 3.46. The summed E-state index contributed by atoms with van der Waals surface area (Å²) in [5.74, 6) is 2.72. The van der Waals surface area contributed by atoms with E-state index in [0.29, 0.717) is 12.5 Å². The number of nitrogens with zero attached hydrogens (tertiary/aromatic N) is 1. The van der Waals surface area contributed by atoms with Crippen LogP contribution in [0.25, 0.3) is 0 Å². The van der Waals surface area contributed by atoms with Crippen molar-refractivity contribution in [1.29, 1.82) is 0 Å². The molecule has 0 unspecified atom stereocenters. The second kappa shape index (κ2) is 5.35. The van der Waals surface area contributed by atoms with Gasteiger partial charge in [0.05, 0.1) is 17.3 Å². The van der Waals surface area contributed by atoms with E-state index in [2.05, 4.69) is 0 Å². The molecule has 2 fully saturated rings. The van der Waals surface area contributed by atoms with E-state index in [4.69, 9.17) is 14.2 Å². The number of likely N-dealkylation sites (tertiary alicyclic amines) is 1. The molecule has 3 aliphatic heterocycles. The maximum absolute atomic E-state index is 12.4. The summed E-state index contributed by atoms with van der Waals surface area (Å²) in [6.07, 6.45) is 1.82. The van der Waals surface area contributed by atoms with Crippen LogP contribution in [0.1, 0.15) is 12.0 Å². The minimum Gasteiger partial charge on any atom is -0.454 e. The molecule has 22 heavy (non-hydrogen) atoms. The lowest BCUT2D eigenvalue weighted by atomic mass is 9.92. The van der Waals surface area contributed by atoms with Gasteiger partial charge >= 0.3 is 0 Å². The molecule has 0 radical (unpaired) electrons. The normalized spacial score (nSPS) is 24.6. The molecule has 0 N–H and O–H groups in total. The van der Waals surface area contributed by atoms with Gasteiger partial charge in [-0.25, -0.2) is 0 Å². The molecule has 0 aliphatic carbocycles. The van der Waals surface area contributed by atoms with Crippen LogP contribution in [0.15, 0.2) is 18.2 Å². The van der Waals surface area contributed by atoms with Gasteiger partial charge in [0.25, 0.3) is 0 Å². The number of benzene rings is 1. The number of amides is 1. The van der Waals surface area contributed by atoms with Crippen LogP contribution in [0, 0.1) is 0 Å². The zero-order valence-electron chi connectivity index (χ0n) is 12.5. The third kappa shape index (κ3) is 2.44. The van der Waals surface area contributed by atoms with Crippen LogP contribution in [0.3, 0.4) is 0 Å². The summed E-state index contributed by atoms with van der Waals surface area (Å²) < 4.78 is 16.3. The molecule has 1 spiro atoms. The fraction of sp³-hybridized carbons (Fsp3) is 0.562. The van der Waals surface area contributed by atoms with Crippen molar-refractivity contribution in [2.24, 2.45) is 0 Å². The second-order valence-corrected chi connectivity index (χ2v) is 7.66. The van der Waals surface area contributed by atoms with Crippen LogP contribution in [0.2, 0.25) is 0 Å². The Morgan fingerprint density at radius 1 is 1.41 bits per heavy atom. The Hall–Kier alpha value is -1.40. The fourth-order valence-corrected chi connectivity index (χ4v) is 4.93. The van der Waals surface area contributed by atoms with Crippen molar-refractivity contribution in [2.75, 3.05) is 32.7 Å². The van der Waals surface area contributed by atoms with Crippen LogP contribution in [0.5, 0.6) is 11.5 Å². The Labute approximate surface area is 133 Å². The molecule has 3 aliphatic rings. The highest BCUT2D eigenvalue weighted by molar-refractivity contribution is 8.01. The fourth-order valence-electron chi connectivity index (χ4n) is 3.34. The van der Waals surface area contributed by atoms with Crippen LogP contribution < -0.4 is 9.47 Å². The average molecular weight is 321 g/mol. The topological polar surface area (TPSA) is 48.0 Å². The van der Waals surface area contributed by atoms with Gasteiger partial charge in [0, 0.05) is 26.0 Å². The molecule has 5 nitrogen and oxygen atoms in total. The molecule has 2 saturated heterocycles. The van der Waals surface area contributed by atoms with E-state index in [1.165, 1.54) is 0 Å². The lowest BCUT2D eigenvalue weighted by Crippen LogP contribution is -2.61. The predicted molar refractivity (Wildman–Crippen MR) is 83.5 cm³/mol. The molecule has 0 aromatic heterocycles. The highest BCUT2D eigenvalue weighted by atomic mass is 32.2. The standard InChI is InChI=1S/C16H19NO4S/c1-19-12-6-16(22-7-12)8-17(9-16)15(18)5-11-2-3-13-14(4-11)21-10-20-13/h2-4,12H,5-10H2,1H3/t12-/m0/s1. The molecule has 0 saturated carbocycles. The highest BCUT2D eigenvalue weighted by Crippen LogP contribution is 2.46. The Balaban J connectivity index is 1.34. The van der Waals surface area contributed by atoms with Gasteiger partial charge in [-0.1, -0.05) is 6.07 Å². The molecule has 1 amide bonds. The SMILES string of the molecule is CO[C@@H]1CSC2(C1)CN(C(=O)Cc1ccc3c(c1)OCO3)C2. The maximum atomic E-state index is 12.4. The van der Waals surface area contributed by atoms with E-state index in [0.717, 1.165) is 42.3 Å². The Morgan fingerprint density at radius 2 is 2.23 bits per heavy atom. The maximum Gasteiger partial charge on any atom is 0.231 e. The Morgan fingerprint density at radius 3 is 3.00 bits per heavy atom. The van der Waals surface area contributed by atoms with Crippen molar-refractivity contribution in [3.8, 4) is 11.5 Å². The lowest BCUT2D eigenvalue weighted by molar-refractivity contribution is -0.135. The summed E-state index contributed by atoms with van der Waals surface area (Å²) in [5.41, 5.74) is 0.976. The zero-order chi connectivity index (χ0) is 15.2. The first kappa shape index (κ1) is 14.2. The number of thioether (sulfide) groups is 1. The second-order valence-electron chi connectivity index (χ2n) is 6.17. The van der Waals surface area contributed by atoms with Crippen molar-refractivity contribution < 1.29 is 19.0 Å². The summed E-state index contributed by atoms with van der Waals surface area (Å²) in [4.78, 5) is 14.4. The Bertz CT molecular complexity index is 600. The first-order chi connectivity index (χ1) is 10.7. The van der Waals surface area contributed by atoms with Crippen molar-refractivity contribution in [2.45, 2.75) is 23.7 Å². The lowest BCUT2D eigenvalue weighted by Gasteiger charge is -2.47. The molecule has 0 bridgehead atoms. The number of carbonyl (C=O) groups is 1. The van der Waals surface area contributed by atoms with E-state index in [1.54, 1.807) is 7.11 Å². The molecular formula is C16H19NO4S. The predicted octanol–water partition coefficient (Wildman–Crippen LogP) is 1.69. The van der Waals surface area contributed by atoms with Gasteiger partial charge in [-0.05, 0) is 24.1 Å². The van der Waals surface area contributed by atoms with Crippen LogP contribution in [-0.4, -0.2) is 54.4 Å². The third-order valence-corrected chi connectivity index (χ3v) is 6.19. The summed E-state index contributed by atoms with van der Waals surface area (Å²) in [5, 5.41) is 0. The monoisotopic (exact) mass is 321 g/mol. The first-order valence-electron chi connectivity index (χ1n) is 7.50. The molecule has 3 heterocycles. The average Bonchev–Trinajstić information content (AvgIpc) is 3.11. The number of hydrogen-bond donors (Lipinski definition) is 0. The van der Waals surface area contributed by atoms with Gasteiger partial charge in [0.2, 0.25) is 12.7 Å². The van der Waals surface area contributed by atoms with E-state index in [9.17, 15) is 4.79 Å². The third-order valence-electron chi connectivity index (χ3n) is 4.61. The number of hydrogen-bond acceptors (Lipinski definition) is 5. The summed E-state index contributed by atoms with van der Waals surface area (Å²) in [6.45, 7) is 1.96. The number of methoxy groups -OCH3 is 1. The largest absolute Gasteiger partial charge is 0.454 e. The van der Waals surface area contributed by atoms with Crippen LogP contribution in [-0.2, 0) is 16.0 Å². The van der Waals surface area contributed by atoms with Crippen LogP contribution in [0.4, 0.5) is 0 Å². The van der Waals surface area contributed by atoms with E-state index < -0.39 is 0 Å². The van der Waals surface area contributed by atoms with Crippen molar-refractivity contribution >= 4 is 17.7 Å². The van der Waals surface area contributed by atoms with E-state index in [-0.39, 0.29) is 17.4 Å². The number of rotatable bonds is 3. The van der Waals surface area contributed by atoms with Gasteiger partial charge in [0.1, 0.15) is 0 Å². The quantitative estimate of drug-likeness (QED) is 0.848. The highest BCUT2D eigenvalue weighted by Gasteiger charge is 2.50. The molecule has 1 aromatic carbocycles. The van der Waals surface area contributed by atoms with Gasteiger partial charge in [0.15, 0.2) is 11.5 Å². The zero-order valence-corrected chi connectivity index (χ0v) is 13.4. The molecule has 6 heteroatoms. The molecule has 1 atom stereocenters. The van der Waals surface area contributed by atoms with Crippen molar-refractivity contribution in [1.82, 2.24) is 4.90 Å². The minimum absolute atomic E-state index is 0.186. The number of carbonyl (C=O) groups excluding carboxylic acids is 1. The van der Waals surface area contributed by atoms with Gasteiger partial charge in [-0.15, -0.1) is 11.8 Å². The van der Waals surface area contributed by atoms with E-state index >= 15 is 0 Å². The summed E-state index contributed by atoms with van der Waals surface area (Å²) >= 11 is 1.95. The molecule has 4 rings (SSSR count). The van der Waals surface area contributed by atoms with Gasteiger partial charge < -0.3 is 19.1 Å². The summed E-state index contributed by atoms with van der Waals surface area (Å²) in [6, 6.07) is 5.71. The smallest absolute Gasteiger partial charge is 0.231 e. The minimum atomic E-state index is 0.186. The first-order valence-corrected chi connectivity index (χ1v) is 8.49. The van der Waals surface area contributed by atoms with Crippen molar-refractivity contribution in [3.63, 3.8) is 0 Å². The van der Waals surface area contributed by atoms with Crippen molar-refractivity contribution in [3.05, 3.63) is 23.8 Å². The molecule has 1 aromatic rings. The van der Waals surface area contributed by atoms with Crippen LogP contribution >= 0.6 is 11.8 Å². The molecular weight excluding hydrogens is 302 g/mol. The van der Waals surface area contributed by atoms with Gasteiger partial charge in [-0.2, -0.15) is 0 Å². The number of ether oxygens (including phenoxy) is 3.